The molecule has 1 aliphatic heterocycles. The molecule has 1 fully saturated rings. The lowest BCUT2D eigenvalue weighted by molar-refractivity contribution is 0.0697. The predicted molar refractivity (Wildman–Crippen MR) is 105 cm³/mol. The average Bonchev–Trinajstić information content (AvgIpc) is 3.15. The van der Waals surface area contributed by atoms with Crippen LogP contribution < -0.4 is 0 Å². The zero-order chi connectivity index (χ0) is 19.5. The van der Waals surface area contributed by atoms with Gasteiger partial charge in [-0.15, -0.1) is 10.2 Å². The van der Waals surface area contributed by atoms with Gasteiger partial charge in [0.05, 0.1) is 11.6 Å². The van der Waals surface area contributed by atoms with Crippen molar-refractivity contribution in [3.63, 3.8) is 0 Å². The van der Waals surface area contributed by atoms with Gasteiger partial charge in [0.15, 0.2) is 0 Å². The standard InChI is InChI=1S/C22H23N3O3/c1-15-23-24-21(28-15)20-8-4-5-13-25(20)14-16-9-11-17(12-10-16)18-6-2-3-7-19(18)22(26)27/h2-3,6-7,9-12,20H,4-5,8,13-14H2,1H3,(H,26,27). The summed E-state index contributed by atoms with van der Waals surface area (Å²) in [6, 6.07) is 15.4. The maximum atomic E-state index is 11.5. The summed E-state index contributed by atoms with van der Waals surface area (Å²) in [7, 11) is 0. The molecule has 0 bridgehead atoms. The molecule has 0 radical (unpaired) electrons. The van der Waals surface area contributed by atoms with Crippen molar-refractivity contribution in [1.82, 2.24) is 15.1 Å². The van der Waals surface area contributed by atoms with E-state index < -0.39 is 5.97 Å². The summed E-state index contributed by atoms with van der Waals surface area (Å²) in [4.78, 5) is 13.9. The van der Waals surface area contributed by atoms with Crippen LogP contribution in [0.3, 0.4) is 0 Å². The molecule has 0 spiro atoms. The number of rotatable bonds is 5. The molecule has 6 heteroatoms. The molecule has 0 saturated carbocycles. The first-order valence-electron chi connectivity index (χ1n) is 9.57. The Labute approximate surface area is 163 Å². The molecular formula is C22H23N3O3. The molecule has 3 aromatic rings. The third-order valence-electron chi connectivity index (χ3n) is 5.25. The van der Waals surface area contributed by atoms with Gasteiger partial charge in [0.2, 0.25) is 11.8 Å². The van der Waals surface area contributed by atoms with E-state index in [0.717, 1.165) is 43.5 Å². The van der Waals surface area contributed by atoms with E-state index in [9.17, 15) is 9.90 Å². The minimum absolute atomic E-state index is 0.155. The van der Waals surface area contributed by atoms with Crippen molar-refractivity contribution < 1.29 is 14.3 Å². The van der Waals surface area contributed by atoms with Crippen LogP contribution in [0.2, 0.25) is 0 Å². The molecule has 0 amide bonds. The molecule has 144 valence electrons. The maximum Gasteiger partial charge on any atom is 0.336 e. The topological polar surface area (TPSA) is 79.5 Å². The highest BCUT2D eigenvalue weighted by atomic mass is 16.4. The van der Waals surface area contributed by atoms with Crippen LogP contribution in [-0.2, 0) is 6.54 Å². The number of carboxylic acids is 1. The van der Waals surface area contributed by atoms with E-state index in [-0.39, 0.29) is 6.04 Å². The fraction of sp³-hybridized carbons (Fsp3) is 0.318. The summed E-state index contributed by atoms with van der Waals surface area (Å²) < 4.78 is 5.68. The van der Waals surface area contributed by atoms with E-state index in [1.165, 1.54) is 5.56 Å². The van der Waals surface area contributed by atoms with Crippen molar-refractivity contribution in [2.75, 3.05) is 6.54 Å². The monoisotopic (exact) mass is 377 g/mol. The normalized spacial score (nSPS) is 17.5. The molecule has 0 aliphatic carbocycles. The van der Waals surface area contributed by atoms with Crippen molar-refractivity contribution in [3.05, 3.63) is 71.4 Å². The number of nitrogens with zero attached hydrogens (tertiary/aromatic N) is 3. The number of piperidine rings is 1. The van der Waals surface area contributed by atoms with Crippen LogP contribution in [0.25, 0.3) is 11.1 Å². The van der Waals surface area contributed by atoms with E-state index >= 15 is 0 Å². The SMILES string of the molecule is Cc1nnc(C2CCCCN2Cc2ccc(-c3ccccc3C(=O)O)cc2)o1. The quantitative estimate of drug-likeness (QED) is 0.707. The first kappa shape index (κ1) is 18.4. The van der Waals surface area contributed by atoms with Gasteiger partial charge in [0.1, 0.15) is 0 Å². The van der Waals surface area contributed by atoms with Crippen molar-refractivity contribution >= 4 is 5.97 Å². The van der Waals surface area contributed by atoms with Gasteiger partial charge < -0.3 is 9.52 Å². The minimum atomic E-state index is -0.911. The summed E-state index contributed by atoms with van der Waals surface area (Å²) in [6.07, 6.45) is 3.34. The van der Waals surface area contributed by atoms with Crippen molar-refractivity contribution in [2.45, 2.75) is 38.8 Å². The van der Waals surface area contributed by atoms with E-state index in [0.29, 0.717) is 17.3 Å². The fourth-order valence-corrected chi connectivity index (χ4v) is 3.85. The number of hydrogen-bond acceptors (Lipinski definition) is 5. The number of benzene rings is 2. The second-order valence-corrected chi connectivity index (χ2v) is 7.19. The molecule has 1 saturated heterocycles. The molecule has 1 N–H and O–H groups in total. The molecular weight excluding hydrogens is 354 g/mol. The Kier molecular flexibility index (Phi) is 5.21. The van der Waals surface area contributed by atoms with Gasteiger partial charge in [-0.05, 0) is 42.1 Å². The number of aromatic nitrogens is 2. The third-order valence-corrected chi connectivity index (χ3v) is 5.25. The van der Waals surface area contributed by atoms with E-state index in [2.05, 4.69) is 27.2 Å². The number of aromatic carboxylic acids is 1. The third kappa shape index (κ3) is 3.82. The zero-order valence-corrected chi connectivity index (χ0v) is 15.8. The molecule has 6 nitrogen and oxygen atoms in total. The van der Waals surface area contributed by atoms with Crippen LogP contribution in [0, 0.1) is 6.92 Å². The number of likely N-dealkylation sites (tertiary alicyclic amines) is 1. The van der Waals surface area contributed by atoms with Crippen LogP contribution >= 0.6 is 0 Å². The lowest BCUT2D eigenvalue weighted by Gasteiger charge is -2.33. The van der Waals surface area contributed by atoms with Gasteiger partial charge in [-0.25, -0.2) is 4.79 Å². The Morgan fingerprint density at radius 3 is 2.64 bits per heavy atom. The van der Waals surface area contributed by atoms with Crippen LogP contribution in [-0.4, -0.2) is 32.7 Å². The summed E-state index contributed by atoms with van der Waals surface area (Å²) in [5, 5.41) is 17.6. The van der Waals surface area contributed by atoms with Gasteiger partial charge in [-0.1, -0.05) is 48.9 Å². The van der Waals surface area contributed by atoms with Gasteiger partial charge in [-0.3, -0.25) is 4.90 Å². The first-order valence-corrected chi connectivity index (χ1v) is 9.57. The minimum Gasteiger partial charge on any atom is -0.478 e. The molecule has 2 aromatic carbocycles. The number of carbonyl (C=O) groups is 1. The van der Waals surface area contributed by atoms with Crippen molar-refractivity contribution in [3.8, 4) is 11.1 Å². The number of carboxylic acid groups (broad SMARTS) is 1. The Morgan fingerprint density at radius 2 is 1.93 bits per heavy atom. The molecule has 1 unspecified atom stereocenters. The highest BCUT2D eigenvalue weighted by Crippen LogP contribution is 2.32. The van der Waals surface area contributed by atoms with Gasteiger partial charge in [0, 0.05) is 13.5 Å². The predicted octanol–water partition coefficient (Wildman–Crippen LogP) is 4.47. The van der Waals surface area contributed by atoms with Crippen molar-refractivity contribution in [1.29, 1.82) is 0 Å². The molecule has 1 aromatic heterocycles. The smallest absolute Gasteiger partial charge is 0.336 e. The molecule has 1 aliphatic rings. The lowest BCUT2D eigenvalue weighted by atomic mass is 9.97. The second-order valence-electron chi connectivity index (χ2n) is 7.19. The summed E-state index contributed by atoms with van der Waals surface area (Å²) in [6.45, 7) is 3.61. The maximum absolute atomic E-state index is 11.5. The molecule has 4 rings (SSSR count). The average molecular weight is 377 g/mol. The van der Waals surface area contributed by atoms with Gasteiger partial charge in [0.25, 0.3) is 0 Å². The fourth-order valence-electron chi connectivity index (χ4n) is 3.85. The van der Waals surface area contributed by atoms with E-state index in [1.807, 2.05) is 31.2 Å². The van der Waals surface area contributed by atoms with Crippen LogP contribution in [0.4, 0.5) is 0 Å². The zero-order valence-electron chi connectivity index (χ0n) is 15.8. The van der Waals surface area contributed by atoms with Crippen LogP contribution in [0.15, 0.2) is 52.9 Å². The van der Waals surface area contributed by atoms with E-state index in [1.54, 1.807) is 12.1 Å². The summed E-state index contributed by atoms with van der Waals surface area (Å²) in [5.41, 5.74) is 3.14. The highest BCUT2D eigenvalue weighted by Gasteiger charge is 2.28. The van der Waals surface area contributed by atoms with Crippen LogP contribution in [0.1, 0.15) is 53.0 Å². The van der Waals surface area contributed by atoms with Gasteiger partial charge >= 0.3 is 5.97 Å². The molecule has 28 heavy (non-hydrogen) atoms. The van der Waals surface area contributed by atoms with Crippen LogP contribution in [0.5, 0.6) is 0 Å². The summed E-state index contributed by atoms with van der Waals surface area (Å²) >= 11 is 0. The van der Waals surface area contributed by atoms with E-state index in [4.69, 9.17) is 4.42 Å². The number of aryl methyl sites for hydroxylation is 1. The Bertz CT molecular complexity index is 965. The lowest BCUT2D eigenvalue weighted by Crippen LogP contribution is -2.33. The Morgan fingerprint density at radius 1 is 1.14 bits per heavy atom. The first-order chi connectivity index (χ1) is 13.6. The summed E-state index contributed by atoms with van der Waals surface area (Å²) in [5.74, 6) is 0.386. The van der Waals surface area contributed by atoms with Crippen molar-refractivity contribution in [2.24, 2.45) is 0 Å². The Balaban J connectivity index is 1.53. The van der Waals surface area contributed by atoms with Gasteiger partial charge in [-0.2, -0.15) is 0 Å². The Hall–Kier alpha value is -2.99. The second kappa shape index (κ2) is 7.94. The number of hydrogen-bond donors (Lipinski definition) is 1. The largest absolute Gasteiger partial charge is 0.478 e. The molecule has 1 atom stereocenters. The molecule has 2 heterocycles. The highest BCUT2D eigenvalue weighted by molar-refractivity contribution is 5.95.